The summed E-state index contributed by atoms with van der Waals surface area (Å²) in [6, 6.07) is 52.0. The quantitative estimate of drug-likeness (QED) is 0.187. The van der Waals surface area contributed by atoms with Crippen LogP contribution < -0.4 is 0 Å². The molecule has 6 heteroatoms. The van der Waals surface area contributed by atoms with E-state index < -0.39 is 0 Å². The molecule has 0 N–H and O–H groups in total. The Labute approximate surface area is 287 Å². The van der Waals surface area contributed by atoms with Crippen molar-refractivity contribution in [2.75, 3.05) is 0 Å². The third-order valence-corrected chi connectivity index (χ3v) is 9.37. The predicted molar refractivity (Wildman–Crippen MR) is 201 cm³/mol. The van der Waals surface area contributed by atoms with Gasteiger partial charge in [-0.25, -0.2) is 4.98 Å². The van der Waals surface area contributed by atoms with Gasteiger partial charge in [0.15, 0.2) is 17.2 Å². The molecule has 6 nitrogen and oxygen atoms in total. The number of pyridine rings is 1. The summed E-state index contributed by atoms with van der Waals surface area (Å²) in [7, 11) is 0. The van der Waals surface area contributed by atoms with Crippen LogP contribution in [0.5, 0.6) is 0 Å². The molecule has 0 fully saturated rings. The number of benzene rings is 6. The zero-order valence-electron chi connectivity index (χ0n) is 26.7. The summed E-state index contributed by atoms with van der Waals surface area (Å²) < 4.78 is 8.30. The fourth-order valence-electron chi connectivity index (χ4n) is 7.03. The second-order valence-electron chi connectivity index (χ2n) is 12.3. The van der Waals surface area contributed by atoms with E-state index in [2.05, 4.69) is 131 Å². The minimum absolute atomic E-state index is 0.560. The summed E-state index contributed by atoms with van der Waals surface area (Å²) in [6.07, 6.45) is 3.68. The van der Waals surface area contributed by atoms with Crippen molar-refractivity contribution in [1.82, 2.24) is 24.5 Å². The van der Waals surface area contributed by atoms with Crippen LogP contribution in [0.15, 0.2) is 168 Å². The van der Waals surface area contributed by atoms with E-state index >= 15 is 0 Å². The third-order valence-electron chi connectivity index (χ3n) is 9.37. The molecule has 4 aromatic heterocycles. The summed E-state index contributed by atoms with van der Waals surface area (Å²) in [5.41, 5.74) is 9.73. The van der Waals surface area contributed by atoms with Crippen LogP contribution in [0.25, 0.3) is 94.7 Å². The van der Waals surface area contributed by atoms with Gasteiger partial charge >= 0.3 is 0 Å². The highest BCUT2D eigenvalue weighted by Crippen LogP contribution is 2.37. The van der Waals surface area contributed by atoms with Crippen LogP contribution in [-0.4, -0.2) is 24.5 Å². The molecule has 0 saturated carbocycles. The molecule has 10 rings (SSSR count). The first-order valence-electron chi connectivity index (χ1n) is 16.5. The molecular weight excluding hydrogens is 615 g/mol. The maximum Gasteiger partial charge on any atom is 0.238 e. The SMILES string of the molecule is c1ccc(-c2ccc(-c3nc(-c4cccc(-c5cncc6oc7ccccc7c56)c4)nc(-n4c5ccccc5c5ccccc54)n3)cc2)cc1. The number of fused-ring (bicyclic) bond motifs is 6. The number of para-hydroxylation sites is 3. The standard InChI is InChI=1S/C44H27N5O/c1-2-11-28(12-3-1)29-21-23-30(24-22-29)42-46-43(48-44(47-42)49-37-18-7-4-15-33(37)34-16-5-8-19-38(34)49)32-14-10-13-31(25-32)36-26-45-27-40-41(36)35-17-6-9-20-39(35)50-40/h1-27H. The molecule has 50 heavy (non-hydrogen) atoms. The molecule has 0 atom stereocenters. The first-order valence-corrected chi connectivity index (χ1v) is 16.5. The average Bonchev–Trinajstić information content (AvgIpc) is 3.74. The van der Waals surface area contributed by atoms with E-state index in [0.717, 1.165) is 77.1 Å². The van der Waals surface area contributed by atoms with Gasteiger partial charge in [0.2, 0.25) is 5.95 Å². The van der Waals surface area contributed by atoms with Crippen molar-refractivity contribution in [2.24, 2.45) is 0 Å². The van der Waals surface area contributed by atoms with Crippen LogP contribution in [-0.2, 0) is 0 Å². The van der Waals surface area contributed by atoms with Gasteiger partial charge in [0.1, 0.15) is 5.58 Å². The number of furan rings is 1. The van der Waals surface area contributed by atoms with E-state index in [1.54, 1.807) is 6.20 Å². The first kappa shape index (κ1) is 28.1. The largest absolute Gasteiger partial charge is 0.454 e. The lowest BCUT2D eigenvalue weighted by atomic mass is 9.99. The van der Waals surface area contributed by atoms with Crippen molar-refractivity contribution in [3.8, 4) is 51.0 Å². The van der Waals surface area contributed by atoms with Crippen LogP contribution in [0.3, 0.4) is 0 Å². The highest BCUT2D eigenvalue weighted by atomic mass is 16.3. The van der Waals surface area contributed by atoms with E-state index in [1.807, 2.05) is 36.5 Å². The smallest absolute Gasteiger partial charge is 0.238 e. The summed E-state index contributed by atoms with van der Waals surface area (Å²) >= 11 is 0. The van der Waals surface area contributed by atoms with E-state index in [-0.39, 0.29) is 0 Å². The Kier molecular flexibility index (Phi) is 6.39. The fraction of sp³-hybridized carbons (Fsp3) is 0. The van der Waals surface area contributed by atoms with Gasteiger partial charge in [-0.15, -0.1) is 0 Å². The zero-order valence-corrected chi connectivity index (χ0v) is 26.7. The third kappa shape index (κ3) is 4.58. The van der Waals surface area contributed by atoms with Crippen LogP contribution >= 0.6 is 0 Å². The van der Waals surface area contributed by atoms with E-state index in [9.17, 15) is 0 Å². The van der Waals surface area contributed by atoms with Crippen molar-refractivity contribution in [3.63, 3.8) is 0 Å². The summed E-state index contributed by atoms with van der Waals surface area (Å²) in [5.74, 6) is 1.74. The molecule has 0 aliphatic carbocycles. The molecule has 10 aromatic rings. The maximum absolute atomic E-state index is 6.16. The van der Waals surface area contributed by atoms with Gasteiger partial charge in [-0.1, -0.05) is 127 Å². The maximum atomic E-state index is 6.16. The van der Waals surface area contributed by atoms with E-state index in [0.29, 0.717) is 17.6 Å². The van der Waals surface area contributed by atoms with Crippen molar-refractivity contribution in [1.29, 1.82) is 0 Å². The van der Waals surface area contributed by atoms with Crippen LogP contribution in [0.2, 0.25) is 0 Å². The van der Waals surface area contributed by atoms with E-state index in [1.165, 1.54) is 0 Å². The molecule has 0 spiro atoms. The van der Waals surface area contributed by atoms with Gasteiger partial charge in [-0.3, -0.25) is 9.55 Å². The highest BCUT2D eigenvalue weighted by molar-refractivity contribution is 6.12. The van der Waals surface area contributed by atoms with Gasteiger partial charge in [0, 0.05) is 44.4 Å². The molecule has 234 valence electrons. The second-order valence-corrected chi connectivity index (χ2v) is 12.3. The molecule has 0 bridgehead atoms. The van der Waals surface area contributed by atoms with Gasteiger partial charge < -0.3 is 4.42 Å². The molecule has 0 aliphatic rings. The highest BCUT2D eigenvalue weighted by Gasteiger charge is 2.19. The monoisotopic (exact) mass is 641 g/mol. The Bertz CT molecular complexity index is 2820. The van der Waals surface area contributed by atoms with Crippen LogP contribution in [0.4, 0.5) is 0 Å². The second kappa shape index (κ2) is 11.4. The van der Waals surface area contributed by atoms with Crippen molar-refractivity contribution in [2.45, 2.75) is 0 Å². The lowest BCUT2D eigenvalue weighted by molar-refractivity contribution is 0.667. The minimum atomic E-state index is 0.560. The van der Waals surface area contributed by atoms with Crippen molar-refractivity contribution in [3.05, 3.63) is 164 Å². The van der Waals surface area contributed by atoms with Crippen LogP contribution in [0, 0.1) is 0 Å². The van der Waals surface area contributed by atoms with Crippen molar-refractivity contribution >= 4 is 43.7 Å². The normalized spacial score (nSPS) is 11.6. The summed E-state index contributed by atoms with van der Waals surface area (Å²) in [4.78, 5) is 20.0. The van der Waals surface area contributed by atoms with Gasteiger partial charge in [-0.05, 0) is 41.0 Å². The molecule has 0 saturated heterocycles. The van der Waals surface area contributed by atoms with Gasteiger partial charge in [0.25, 0.3) is 0 Å². The van der Waals surface area contributed by atoms with Gasteiger partial charge in [-0.2, -0.15) is 9.97 Å². The minimum Gasteiger partial charge on any atom is -0.454 e. The van der Waals surface area contributed by atoms with Crippen molar-refractivity contribution < 1.29 is 4.42 Å². The molecule has 0 radical (unpaired) electrons. The lowest BCUT2D eigenvalue weighted by Gasteiger charge is -2.12. The number of aromatic nitrogens is 5. The number of hydrogen-bond acceptors (Lipinski definition) is 5. The Morgan fingerprint density at radius 1 is 0.420 bits per heavy atom. The summed E-state index contributed by atoms with van der Waals surface area (Å²) in [5, 5.41) is 4.39. The topological polar surface area (TPSA) is 69.6 Å². The molecule has 4 heterocycles. The Balaban J connectivity index is 1.18. The Hall–Kier alpha value is -6.92. The molecule has 0 unspecified atom stereocenters. The van der Waals surface area contributed by atoms with E-state index in [4.69, 9.17) is 19.4 Å². The fourth-order valence-corrected chi connectivity index (χ4v) is 7.03. The average molecular weight is 642 g/mol. The lowest BCUT2D eigenvalue weighted by Crippen LogP contribution is -2.06. The number of nitrogens with zero attached hydrogens (tertiary/aromatic N) is 5. The van der Waals surface area contributed by atoms with Crippen LogP contribution in [0.1, 0.15) is 0 Å². The summed E-state index contributed by atoms with van der Waals surface area (Å²) in [6.45, 7) is 0. The predicted octanol–water partition coefficient (Wildman–Crippen LogP) is 10.9. The molecule has 6 aromatic carbocycles. The Morgan fingerprint density at radius 3 is 1.76 bits per heavy atom. The zero-order chi connectivity index (χ0) is 33.0. The molecule has 0 amide bonds. The first-order chi connectivity index (χ1) is 24.8. The molecule has 0 aliphatic heterocycles. The Morgan fingerprint density at radius 2 is 1.00 bits per heavy atom. The number of rotatable bonds is 5. The molecular formula is C44H27N5O. The number of hydrogen-bond donors (Lipinski definition) is 0. The van der Waals surface area contributed by atoms with Gasteiger partial charge in [0.05, 0.1) is 17.2 Å².